The van der Waals surface area contributed by atoms with Crippen molar-refractivity contribution in [1.82, 2.24) is 14.5 Å². The predicted octanol–water partition coefficient (Wildman–Crippen LogP) is 0.215. The first-order valence-electron chi connectivity index (χ1n) is 6.64. The number of hydrogen-bond donors (Lipinski definition) is 2. The van der Waals surface area contributed by atoms with Crippen molar-refractivity contribution in [3.8, 4) is 0 Å². The van der Waals surface area contributed by atoms with Crippen LogP contribution in [0.3, 0.4) is 0 Å². The Morgan fingerprint density at radius 3 is 2.75 bits per heavy atom. The van der Waals surface area contributed by atoms with Crippen LogP contribution in [0.15, 0.2) is 17.3 Å². The lowest BCUT2D eigenvalue weighted by molar-refractivity contribution is 0.116. The van der Waals surface area contributed by atoms with Crippen LogP contribution in [0.2, 0.25) is 0 Å². The van der Waals surface area contributed by atoms with E-state index in [1.54, 1.807) is 0 Å². The summed E-state index contributed by atoms with van der Waals surface area (Å²) in [6, 6.07) is -0.291. The van der Waals surface area contributed by atoms with Crippen molar-refractivity contribution in [2.75, 3.05) is 19.8 Å². The Kier molecular flexibility index (Phi) is 6.60. The van der Waals surface area contributed by atoms with Gasteiger partial charge in [-0.1, -0.05) is 13.8 Å². The van der Waals surface area contributed by atoms with Crippen molar-refractivity contribution in [3.05, 3.63) is 12.4 Å². The monoisotopic (exact) mass is 305 g/mol. The van der Waals surface area contributed by atoms with Crippen molar-refractivity contribution in [2.24, 2.45) is 5.92 Å². The van der Waals surface area contributed by atoms with E-state index in [2.05, 4.69) is 9.82 Å². The van der Waals surface area contributed by atoms with Crippen molar-refractivity contribution in [3.63, 3.8) is 0 Å². The maximum Gasteiger partial charge on any atom is 0.244 e. The highest BCUT2D eigenvalue weighted by atomic mass is 32.2. The van der Waals surface area contributed by atoms with Crippen LogP contribution in [0.25, 0.3) is 0 Å². The maximum atomic E-state index is 12.2. The molecule has 2 N–H and O–H groups in total. The van der Waals surface area contributed by atoms with Crippen LogP contribution in [-0.4, -0.2) is 49.2 Å². The minimum atomic E-state index is -3.63. The Labute approximate surface area is 120 Å². The molecular formula is C12H23N3O4S. The third kappa shape index (κ3) is 4.86. The number of nitrogens with one attached hydrogen (secondary N) is 1. The van der Waals surface area contributed by atoms with Gasteiger partial charge in [0.2, 0.25) is 10.0 Å². The zero-order valence-electron chi connectivity index (χ0n) is 12.1. The van der Waals surface area contributed by atoms with E-state index in [1.165, 1.54) is 17.1 Å². The molecule has 0 aromatic carbocycles. The quantitative estimate of drug-likeness (QED) is 0.680. The Morgan fingerprint density at radius 1 is 1.50 bits per heavy atom. The fraction of sp³-hybridized carbons (Fsp3) is 0.750. The van der Waals surface area contributed by atoms with Crippen LogP contribution in [-0.2, 0) is 21.3 Å². The van der Waals surface area contributed by atoms with Gasteiger partial charge >= 0.3 is 0 Å². The highest BCUT2D eigenvalue weighted by Gasteiger charge is 2.23. The summed E-state index contributed by atoms with van der Waals surface area (Å²) >= 11 is 0. The summed E-state index contributed by atoms with van der Waals surface area (Å²) in [6.45, 7) is 6.78. The number of rotatable bonds is 9. The number of nitrogens with zero attached hydrogens (tertiary/aromatic N) is 2. The van der Waals surface area contributed by atoms with Crippen LogP contribution in [0.1, 0.15) is 20.8 Å². The lowest BCUT2D eigenvalue weighted by Gasteiger charge is -2.21. The van der Waals surface area contributed by atoms with Crippen molar-refractivity contribution < 1.29 is 18.3 Å². The van der Waals surface area contributed by atoms with Crippen LogP contribution in [0.5, 0.6) is 0 Å². The summed E-state index contributed by atoms with van der Waals surface area (Å²) in [7, 11) is -3.63. The molecule has 1 unspecified atom stereocenters. The number of aliphatic hydroxyl groups excluding tert-OH is 1. The van der Waals surface area contributed by atoms with Crippen LogP contribution in [0, 0.1) is 5.92 Å². The Bertz CT molecular complexity index is 499. The van der Waals surface area contributed by atoms with Crippen molar-refractivity contribution in [1.29, 1.82) is 0 Å². The standard InChI is InChI=1S/C12H23N3O4S/c1-4-19-9-12(10(2)3)14-20(17,18)11-7-13-15(8-11)5-6-16/h7-8,10,12,14,16H,4-6,9H2,1-3H3. The Hall–Kier alpha value is -0.960. The second-order valence-electron chi connectivity index (χ2n) is 4.79. The topological polar surface area (TPSA) is 93.5 Å². The van der Waals surface area contributed by atoms with E-state index < -0.39 is 10.0 Å². The molecule has 8 heteroatoms. The summed E-state index contributed by atoms with van der Waals surface area (Å²) in [5, 5.41) is 12.7. The second-order valence-corrected chi connectivity index (χ2v) is 6.51. The van der Waals surface area contributed by atoms with Gasteiger partial charge in [-0.3, -0.25) is 4.68 Å². The summed E-state index contributed by atoms with van der Waals surface area (Å²) < 4.78 is 33.8. The smallest absolute Gasteiger partial charge is 0.244 e. The highest BCUT2D eigenvalue weighted by Crippen LogP contribution is 2.11. The van der Waals surface area contributed by atoms with E-state index in [1.807, 2.05) is 20.8 Å². The van der Waals surface area contributed by atoms with Crippen LogP contribution >= 0.6 is 0 Å². The lowest BCUT2D eigenvalue weighted by atomic mass is 10.1. The van der Waals surface area contributed by atoms with E-state index >= 15 is 0 Å². The molecule has 7 nitrogen and oxygen atoms in total. The van der Waals surface area contributed by atoms with Gasteiger partial charge in [-0.2, -0.15) is 5.10 Å². The first-order valence-corrected chi connectivity index (χ1v) is 8.12. The molecule has 1 rings (SSSR count). The molecule has 0 bridgehead atoms. The summed E-state index contributed by atoms with van der Waals surface area (Å²) in [5.41, 5.74) is 0. The molecule has 1 aromatic rings. The first kappa shape index (κ1) is 17.1. The van der Waals surface area contributed by atoms with Gasteiger partial charge in [0, 0.05) is 18.8 Å². The molecule has 0 fully saturated rings. The third-order valence-corrected chi connectivity index (χ3v) is 4.31. The maximum absolute atomic E-state index is 12.2. The number of aliphatic hydroxyl groups is 1. The minimum absolute atomic E-state index is 0.0897. The molecule has 20 heavy (non-hydrogen) atoms. The zero-order valence-corrected chi connectivity index (χ0v) is 12.9. The molecule has 116 valence electrons. The molecule has 0 saturated heterocycles. The molecule has 0 spiro atoms. The zero-order chi connectivity index (χ0) is 15.2. The van der Waals surface area contributed by atoms with E-state index in [4.69, 9.17) is 9.84 Å². The first-order chi connectivity index (χ1) is 9.40. The number of aromatic nitrogens is 2. The largest absolute Gasteiger partial charge is 0.394 e. The van der Waals surface area contributed by atoms with Crippen LogP contribution < -0.4 is 4.72 Å². The molecule has 1 aromatic heterocycles. The van der Waals surface area contributed by atoms with Gasteiger partial charge in [0.1, 0.15) is 4.90 Å². The van der Waals surface area contributed by atoms with Crippen molar-refractivity contribution in [2.45, 2.75) is 38.3 Å². The summed E-state index contributed by atoms with van der Waals surface area (Å²) in [4.78, 5) is 0.0908. The van der Waals surface area contributed by atoms with Gasteiger partial charge in [0.05, 0.1) is 26.0 Å². The average molecular weight is 305 g/mol. The van der Waals surface area contributed by atoms with Gasteiger partial charge in [-0.25, -0.2) is 13.1 Å². The molecular weight excluding hydrogens is 282 g/mol. The highest BCUT2D eigenvalue weighted by molar-refractivity contribution is 7.89. The Balaban J connectivity index is 2.80. The molecule has 0 amide bonds. The number of sulfonamides is 1. The predicted molar refractivity (Wildman–Crippen MR) is 74.8 cm³/mol. The van der Waals surface area contributed by atoms with E-state index in [-0.39, 0.29) is 30.0 Å². The Morgan fingerprint density at radius 2 is 2.20 bits per heavy atom. The van der Waals surface area contributed by atoms with Crippen LogP contribution in [0.4, 0.5) is 0 Å². The van der Waals surface area contributed by atoms with E-state index in [9.17, 15) is 8.42 Å². The molecule has 0 aliphatic carbocycles. The van der Waals surface area contributed by atoms with Gasteiger partial charge in [0.15, 0.2) is 0 Å². The molecule has 0 radical (unpaired) electrons. The van der Waals surface area contributed by atoms with Gasteiger partial charge in [0.25, 0.3) is 0 Å². The normalized spacial score (nSPS) is 13.8. The number of ether oxygens (including phenoxy) is 1. The summed E-state index contributed by atoms with van der Waals surface area (Å²) in [6.07, 6.45) is 2.67. The second kappa shape index (κ2) is 7.72. The fourth-order valence-corrected chi connectivity index (χ4v) is 2.90. The van der Waals surface area contributed by atoms with Gasteiger partial charge in [-0.05, 0) is 12.8 Å². The summed E-state index contributed by atoms with van der Waals surface area (Å²) in [5.74, 6) is 0.115. The lowest BCUT2D eigenvalue weighted by Crippen LogP contribution is -2.41. The molecule has 0 aliphatic heterocycles. The molecule has 1 atom stereocenters. The molecule has 1 heterocycles. The van der Waals surface area contributed by atoms with E-state index in [0.29, 0.717) is 13.2 Å². The van der Waals surface area contributed by atoms with Gasteiger partial charge < -0.3 is 9.84 Å². The minimum Gasteiger partial charge on any atom is -0.394 e. The fourth-order valence-electron chi connectivity index (χ4n) is 1.58. The van der Waals surface area contributed by atoms with E-state index in [0.717, 1.165) is 0 Å². The SMILES string of the molecule is CCOCC(NS(=O)(=O)c1cnn(CCO)c1)C(C)C. The van der Waals surface area contributed by atoms with Gasteiger partial charge in [-0.15, -0.1) is 0 Å². The number of hydrogen-bond acceptors (Lipinski definition) is 5. The molecule has 0 aliphatic rings. The average Bonchev–Trinajstić information content (AvgIpc) is 2.84. The molecule has 0 saturated carbocycles. The van der Waals surface area contributed by atoms with Crippen molar-refractivity contribution >= 4 is 10.0 Å². The third-order valence-electron chi connectivity index (χ3n) is 2.86.